The number of nitrogen functional groups attached to an aromatic ring is 1. The van der Waals surface area contributed by atoms with Gasteiger partial charge in [-0.15, -0.1) is 13.2 Å². The molecule has 12 heteroatoms. The highest BCUT2D eigenvalue weighted by atomic mass is 19.4. The van der Waals surface area contributed by atoms with Crippen molar-refractivity contribution >= 4 is 23.2 Å². The number of aromatic nitrogens is 5. The van der Waals surface area contributed by atoms with E-state index in [0.29, 0.717) is 22.5 Å². The second-order valence-electron chi connectivity index (χ2n) is 7.27. The van der Waals surface area contributed by atoms with Gasteiger partial charge in [-0.1, -0.05) is 12.1 Å². The molecule has 1 aliphatic heterocycles. The average molecular weight is 441 g/mol. The molecule has 0 saturated carbocycles. The van der Waals surface area contributed by atoms with Crippen LogP contribution in [0.3, 0.4) is 0 Å². The first-order valence-electron chi connectivity index (χ1n) is 9.30. The minimum atomic E-state index is -4.81. The zero-order chi connectivity index (χ0) is 22.7. The molecule has 0 aliphatic carbocycles. The summed E-state index contributed by atoms with van der Waals surface area (Å²) in [5.74, 6) is -0.371. The summed E-state index contributed by atoms with van der Waals surface area (Å²) in [7, 11) is 0. The van der Waals surface area contributed by atoms with Crippen LogP contribution in [-0.4, -0.2) is 36.6 Å². The van der Waals surface area contributed by atoms with Gasteiger partial charge in [-0.05, 0) is 24.6 Å². The van der Waals surface area contributed by atoms with Crippen LogP contribution in [0.15, 0.2) is 49.1 Å². The molecule has 162 valence electrons. The van der Waals surface area contributed by atoms with Gasteiger partial charge in [-0.3, -0.25) is 4.79 Å². The van der Waals surface area contributed by atoms with Gasteiger partial charge in [-0.2, -0.15) is 0 Å². The first-order valence-corrected chi connectivity index (χ1v) is 9.30. The number of amides is 1. The average Bonchev–Trinajstić information content (AvgIpc) is 3.29. The number of alkyl halides is 3. The molecular formula is C20H14F3N7O2. The van der Waals surface area contributed by atoms with Crippen molar-refractivity contribution in [3.8, 4) is 17.3 Å². The van der Waals surface area contributed by atoms with Crippen molar-refractivity contribution in [2.24, 2.45) is 0 Å². The largest absolute Gasteiger partial charge is 0.573 e. The molecule has 9 nitrogen and oxygen atoms in total. The standard InChI is InChI=1S/C20H14F3N7O2/c1-19(10-2-4-11(5-3-10)32-20(21,22)23)14-15(24)27-16(28-17(14)29-18(19)31)12-9-30-7-6-25-13(30)8-26-12/h2-9H,1H3,(H3,24,27,28,29,31). The molecule has 3 aromatic heterocycles. The minimum Gasteiger partial charge on any atom is -0.406 e. The van der Waals surface area contributed by atoms with Crippen LogP contribution in [0.1, 0.15) is 18.1 Å². The number of anilines is 2. The van der Waals surface area contributed by atoms with E-state index in [1.54, 1.807) is 36.1 Å². The highest BCUT2D eigenvalue weighted by Crippen LogP contribution is 2.45. The third kappa shape index (κ3) is 3.07. The number of rotatable bonds is 3. The lowest BCUT2D eigenvalue weighted by Gasteiger charge is -2.23. The molecule has 4 aromatic rings. The smallest absolute Gasteiger partial charge is 0.406 e. The molecule has 3 N–H and O–H groups in total. The topological polar surface area (TPSA) is 120 Å². The maximum atomic E-state index is 12.9. The maximum Gasteiger partial charge on any atom is 0.573 e. The van der Waals surface area contributed by atoms with Crippen LogP contribution < -0.4 is 15.8 Å². The summed E-state index contributed by atoms with van der Waals surface area (Å²) in [6.07, 6.45) is 1.77. The predicted octanol–water partition coefficient (Wildman–Crippen LogP) is 2.93. The number of nitrogens with two attached hydrogens (primary N) is 1. The van der Waals surface area contributed by atoms with Gasteiger partial charge in [0.1, 0.15) is 28.5 Å². The van der Waals surface area contributed by atoms with Crippen molar-refractivity contribution in [2.75, 3.05) is 11.1 Å². The lowest BCUT2D eigenvalue weighted by atomic mass is 9.78. The van der Waals surface area contributed by atoms with Crippen molar-refractivity contribution in [1.29, 1.82) is 0 Å². The molecule has 0 fully saturated rings. The van der Waals surface area contributed by atoms with Crippen molar-refractivity contribution in [1.82, 2.24) is 24.3 Å². The number of ether oxygens (including phenoxy) is 1. The van der Waals surface area contributed by atoms with Gasteiger partial charge >= 0.3 is 6.36 Å². The normalized spacial score (nSPS) is 17.9. The number of carbonyl (C=O) groups excluding carboxylic acids is 1. The number of benzene rings is 1. The second kappa shape index (κ2) is 6.64. The van der Waals surface area contributed by atoms with E-state index >= 15 is 0 Å². The van der Waals surface area contributed by atoms with E-state index in [1.807, 2.05) is 0 Å². The monoisotopic (exact) mass is 441 g/mol. The predicted molar refractivity (Wildman–Crippen MR) is 107 cm³/mol. The van der Waals surface area contributed by atoms with Gasteiger partial charge in [-0.25, -0.2) is 19.9 Å². The molecule has 0 radical (unpaired) electrons. The number of imidazole rings is 1. The Hall–Kier alpha value is -4.22. The molecule has 1 amide bonds. The summed E-state index contributed by atoms with van der Waals surface area (Å²) in [6, 6.07) is 5.01. The molecule has 32 heavy (non-hydrogen) atoms. The SMILES string of the molecule is CC1(c2ccc(OC(F)(F)F)cc2)C(=O)Nc2nc(-c3cn4ccnc4cn3)nc(N)c21. The molecule has 5 rings (SSSR count). The van der Waals surface area contributed by atoms with Crippen LogP contribution >= 0.6 is 0 Å². The van der Waals surface area contributed by atoms with Crippen LogP contribution in [0.4, 0.5) is 24.8 Å². The maximum absolute atomic E-state index is 12.9. The van der Waals surface area contributed by atoms with E-state index in [-0.39, 0.29) is 17.5 Å². The summed E-state index contributed by atoms with van der Waals surface area (Å²) in [4.78, 5) is 30.1. The molecule has 1 aromatic carbocycles. The highest BCUT2D eigenvalue weighted by Gasteiger charge is 2.47. The Kier molecular flexibility index (Phi) is 4.09. The number of nitrogens with zero attached hydrogens (tertiary/aromatic N) is 5. The summed E-state index contributed by atoms with van der Waals surface area (Å²) in [5, 5.41) is 2.69. The lowest BCUT2D eigenvalue weighted by molar-refractivity contribution is -0.274. The van der Waals surface area contributed by atoms with Crippen LogP contribution in [-0.2, 0) is 10.2 Å². The first kappa shape index (κ1) is 19.7. The summed E-state index contributed by atoms with van der Waals surface area (Å²) in [6.45, 7) is 1.60. The molecule has 0 saturated heterocycles. The van der Waals surface area contributed by atoms with Gasteiger partial charge in [0.25, 0.3) is 0 Å². The molecule has 4 heterocycles. The van der Waals surface area contributed by atoms with E-state index in [4.69, 9.17) is 5.73 Å². The Morgan fingerprint density at radius 2 is 1.91 bits per heavy atom. The van der Waals surface area contributed by atoms with Gasteiger partial charge < -0.3 is 20.2 Å². The van der Waals surface area contributed by atoms with Gasteiger partial charge in [0.2, 0.25) is 5.91 Å². The van der Waals surface area contributed by atoms with Gasteiger partial charge in [0.15, 0.2) is 11.5 Å². The number of fused-ring (bicyclic) bond motifs is 2. The van der Waals surface area contributed by atoms with Crippen molar-refractivity contribution < 1.29 is 22.7 Å². The van der Waals surface area contributed by atoms with E-state index in [9.17, 15) is 18.0 Å². The highest BCUT2D eigenvalue weighted by molar-refractivity contribution is 6.09. The Balaban J connectivity index is 1.56. The van der Waals surface area contributed by atoms with Crippen molar-refractivity contribution in [3.05, 3.63) is 60.2 Å². The number of nitrogens with one attached hydrogen (secondary N) is 1. The molecular weight excluding hydrogens is 427 g/mol. The van der Waals surface area contributed by atoms with Crippen molar-refractivity contribution in [3.63, 3.8) is 0 Å². The molecule has 1 atom stereocenters. The van der Waals surface area contributed by atoms with E-state index in [2.05, 4.69) is 30.0 Å². The Morgan fingerprint density at radius 1 is 1.16 bits per heavy atom. The molecule has 0 bridgehead atoms. The third-order valence-electron chi connectivity index (χ3n) is 5.30. The Labute approximate surface area is 178 Å². The van der Waals surface area contributed by atoms with Crippen LogP contribution in [0.25, 0.3) is 17.2 Å². The summed E-state index contributed by atoms with van der Waals surface area (Å²) < 4.78 is 43.0. The minimum absolute atomic E-state index is 0.0500. The van der Waals surface area contributed by atoms with E-state index in [0.717, 1.165) is 12.1 Å². The lowest BCUT2D eigenvalue weighted by Crippen LogP contribution is -2.33. The number of hydrogen-bond acceptors (Lipinski definition) is 7. The Bertz CT molecular complexity index is 1370. The van der Waals surface area contributed by atoms with Crippen LogP contribution in [0.5, 0.6) is 5.75 Å². The van der Waals surface area contributed by atoms with Crippen LogP contribution in [0.2, 0.25) is 0 Å². The van der Waals surface area contributed by atoms with E-state index < -0.39 is 23.4 Å². The summed E-state index contributed by atoms with van der Waals surface area (Å²) in [5.41, 5.74) is 6.72. The quantitative estimate of drug-likeness (QED) is 0.502. The number of hydrogen-bond donors (Lipinski definition) is 2. The fourth-order valence-corrected chi connectivity index (χ4v) is 3.73. The van der Waals surface area contributed by atoms with E-state index in [1.165, 1.54) is 12.1 Å². The Morgan fingerprint density at radius 3 is 2.62 bits per heavy atom. The van der Waals surface area contributed by atoms with Crippen LogP contribution in [0, 0.1) is 0 Å². The summed E-state index contributed by atoms with van der Waals surface area (Å²) >= 11 is 0. The second-order valence-corrected chi connectivity index (χ2v) is 7.27. The number of carbonyl (C=O) groups is 1. The fraction of sp³-hybridized carbons (Fsp3) is 0.150. The molecule has 0 spiro atoms. The van der Waals surface area contributed by atoms with Crippen molar-refractivity contribution in [2.45, 2.75) is 18.7 Å². The van der Waals surface area contributed by atoms with Gasteiger partial charge in [0, 0.05) is 18.6 Å². The number of halogens is 3. The zero-order valence-electron chi connectivity index (χ0n) is 16.4. The first-order chi connectivity index (χ1) is 15.1. The fourth-order valence-electron chi connectivity index (χ4n) is 3.73. The molecule has 1 unspecified atom stereocenters. The molecule has 1 aliphatic rings. The van der Waals surface area contributed by atoms with Gasteiger partial charge in [0.05, 0.1) is 11.8 Å². The zero-order valence-corrected chi connectivity index (χ0v) is 16.4. The third-order valence-corrected chi connectivity index (χ3v) is 5.30.